The lowest BCUT2D eigenvalue weighted by molar-refractivity contribution is -0.127. The monoisotopic (exact) mass is 334 g/mol. The fourth-order valence-corrected chi connectivity index (χ4v) is 4.63. The van der Waals surface area contributed by atoms with Crippen LogP contribution in [0.4, 0.5) is 0 Å². The molecule has 3 rings (SSSR count). The third-order valence-electron chi connectivity index (χ3n) is 4.78. The molecule has 0 aromatic carbocycles. The largest absolute Gasteiger partial charge is 0.351 e. The highest BCUT2D eigenvalue weighted by Crippen LogP contribution is 2.28. The van der Waals surface area contributed by atoms with Gasteiger partial charge in [0.25, 0.3) is 5.91 Å². The molecule has 0 radical (unpaired) electrons. The summed E-state index contributed by atoms with van der Waals surface area (Å²) in [6, 6.07) is 2.10. The minimum absolute atomic E-state index is 0.0505. The number of carbonyl (C=O) groups excluding carboxylic acids is 2. The number of hydrogen-bond acceptors (Lipinski definition) is 3. The van der Waals surface area contributed by atoms with E-state index in [0.29, 0.717) is 13.0 Å². The van der Waals surface area contributed by atoms with Crippen LogP contribution in [0.5, 0.6) is 0 Å². The van der Waals surface area contributed by atoms with E-state index in [-0.39, 0.29) is 11.8 Å². The van der Waals surface area contributed by atoms with Crippen molar-refractivity contribution in [3.63, 3.8) is 0 Å². The van der Waals surface area contributed by atoms with E-state index in [9.17, 15) is 9.59 Å². The molecule has 2 aliphatic rings. The van der Waals surface area contributed by atoms with E-state index in [0.717, 1.165) is 43.6 Å². The van der Waals surface area contributed by atoms with Gasteiger partial charge in [-0.1, -0.05) is 12.8 Å². The fourth-order valence-electron chi connectivity index (χ4n) is 3.46. The molecule has 1 aliphatic carbocycles. The molecule has 5 heteroatoms. The van der Waals surface area contributed by atoms with Crippen molar-refractivity contribution in [2.24, 2.45) is 0 Å². The lowest BCUT2D eigenvalue weighted by atomic mass is 10.00. The number of amides is 2. The van der Waals surface area contributed by atoms with Gasteiger partial charge in [-0.15, -0.1) is 11.3 Å². The molecule has 2 amide bonds. The maximum absolute atomic E-state index is 12.3. The van der Waals surface area contributed by atoms with Crippen LogP contribution in [-0.2, 0) is 17.6 Å². The van der Waals surface area contributed by atoms with Crippen LogP contribution in [0.2, 0.25) is 0 Å². The normalized spacial score (nSPS) is 18.4. The van der Waals surface area contributed by atoms with Crippen molar-refractivity contribution in [3.05, 3.63) is 21.4 Å². The maximum atomic E-state index is 12.3. The lowest BCUT2D eigenvalue weighted by Crippen LogP contribution is -2.30. The average molecular weight is 334 g/mol. The van der Waals surface area contributed by atoms with Gasteiger partial charge in [0.15, 0.2) is 0 Å². The van der Waals surface area contributed by atoms with Gasteiger partial charge >= 0.3 is 0 Å². The third-order valence-corrected chi connectivity index (χ3v) is 6.02. The number of nitrogens with zero attached hydrogens (tertiary/aromatic N) is 1. The maximum Gasteiger partial charge on any atom is 0.261 e. The van der Waals surface area contributed by atoms with E-state index in [4.69, 9.17) is 0 Å². The molecule has 0 saturated carbocycles. The highest BCUT2D eigenvalue weighted by Gasteiger charge is 2.19. The minimum Gasteiger partial charge on any atom is -0.351 e. The van der Waals surface area contributed by atoms with Crippen molar-refractivity contribution in [1.82, 2.24) is 10.2 Å². The van der Waals surface area contributed by atoms with Crippen LogP contribution in [0.1, 0.15) is 65.1 Å². The lowest BCUT2D eigenvalue weighted by Gasteiger charge is -2.15. The molecule has 1 aliphatic heterocycles. The molecule has 0 atom stereocenters. The first-order valence-electron chi connectivity index (χ1n) is 8.91. The number of hydrogen-bond donors (Lipinski definition) is 1. The van der Waals surface area contributed by atoms with Crippen LogP contribution in [0.25, 0.3) is 0 Å². The van der Waals surface area contributed by atoms with Crippen molar-refractivity contribution >= 4 is 23.2 Å². The summed E-state index contributed by atoms with van der Waals surface area (Å²) in [6.45, 7) is 2.29. The quantitative estimate of drug-likeness (QED) is 0.841. The van der Waals surface area contributed by atoms with Gasteiger partial charge in [0.05, 0.1) is 4.88 Å². The zero-order valence-electron chi connectivity index (χ0n) is 13.7. The second-order valence-electron chi connectivity index (χ2n) is 6.57. The van der Waals surface area contributed by atoms with Gasteiger partial charge in [0.2, 0.25) is 5.91 Å². The van der Waals surface area contributed by atoms with E-state index >= 15 is 0 Å². The zero-order valence-corrected chi connectivity index (χ0v) is 14.6. The van der Waals surface area contributed by atoms with Gasteiger partial charge in [-0.05, 0) is 50.2 Å². The predicted molar refractivity (Wildman–Crippen MR) is 93.0 cm³/mol. The van der Waals surface area contributed by atoms with Gasteiger partial charge in [-0.3, -0.25) is 9.59 Å². The topological polar surface area (TPSA) is 49.4 Å². The van der Waals surface area contributed by atoms with E-state index in [1.165, 1.54) is 36.1 Å². The van der Waals surface area contributed by atoms with Gasteiger partial charge in [0, 0.05) is 30.9 Å². The van der Waals surface area contributed by atoms with E-state index < -0.39 is 0 Å². The van der Waals surface area contributed by atoms with Crippen LogP contribution in [0.3, 0.4) is 0 Å². The Kier molecular flexibility index (Phi) is 5.70. The van der Waals surface area contributed by atoms with Gasteiger partial charge in [0.1, 0.15) is 0 Å². The molecule has 1 saturated heterocycles. The van der Waals surface area contributed by atoms with Gasteiger partial charge in [-0.25, -0.2) is 0 Å². The number of rotatable bonds is 5. The summed E-state index contributed by atoms with van der Waals surface area (Å²) < 4.78 is 0. The van der Waals surface area contributed by atoms with E-state index in [1.807, 2.05) is 4.90 Å². The molecule has 1 aromatic rings. The average Bonchev–Trinajstić information content (AvgIpc) is 3.10. The molecule has 126 valence electrons. The Labute approximate surface area is 142 Å². The summed E-state index contributed by atoms with van der Waals surface area (Å²) in [5.74, 6) is 0.309. The zero-order chi connectivity index (χ0) is 16.1. The highest BCUT2D eigenvalue weighted by atomic mass is 32.1. The molecule has 0 bridgehead atoms. The molecule has 2 heterocycles. The molecule has 1 aromatic heterocycles. The fraction of sp³-hybridized carbons (Fsp3) is 0.667. The summed E-state index contributed by atoms with van der Waals surface area (Å²) in [7, 11) is 0. The smallest absolute Gasteiger partial charge is 0.261 e. The molecule has 4 nitrogen and oxygen atoms in total. The number of nitrogens with one attached hydrogen (secondary N) is 1. The Morgan fingerprint density at radius 2 is 1.96 bits per heavy atom. The third kappa shape index (κ3) is 4.34. The molecule has 1 fully saturated rings. The second-order valence-corrected chi connectivity index (χ2v) is 7.70. The first kappa shape index (κ1) is 16.5. The van der Waals surface area contributed by atoms with Crippen molar-refractivity contribution < 1.29 is 9.59 Å². The minimum atomic E-state index is 0.0505. The standard InChI is InChI=1S/C18H26N2O2S/c21-17-9-5-11-20(17)12-6-10-19-18(22)16-13-14-7-3-1-2-4-8-15(14)23-16/h13H,1-12H2,(H,19,22). The molecule has 23 heavy (non-hydrogen) atoms. The number of likely N-dealkylation sites (tertiary alicyclic amines) is 1. The summed E-state index contributed by atoms with van der Waals surface area (Å²) in [5.41, 5.74) is 1.39. The van der Waals surface area contributed by atoms with Crippen molar-refractivity contribution in [2.45, 2.75) is 57.8 Å². The summed E-state index contributed by atoms with van der Waals surface area (Å²) in [6.07, 6.45) is 9.87. The van der Waals surface area contributed by atoms with Crippen LogP contribution < -0.4 is 5.32 Å². The first-order valence-corrected chi connectivity index (χ1v) is 9.73. The summed E-state index contributed by atoms with van der Waals surface area (Å²) in [4.78, 5) is 28.0. The van der Waals surface area contributed by atoms with Crippen molar-refractivity contribution in [1.29, 1.82) is 0 Å². The van der Waals surface area contributed by atoms with Crippen LogP contribution in [0, 0.1) is 0 Å². The molecule has 0 unspecified atom stereocenters. The number of carbonyl (C=O) groups is 2. The van der Waals surface area contributed by atoms with Crippen molar-refractivity contribution in [3.8, 4) is 0 Å². The van der Waals surface area contributed by atoms with E-state index in [1.54, 1.807) is 11.3 Å². The summed E-state index contributed by atoms with van der Waals surface area (Å²) in [5, 5.41) is 3.01. The van der Waals surface area contributed by atoms with Crippen LogP contribution in [-0.4, -0.2) is 36.3 Å². The molecular weight excluding hydrogens is 308 g/mol. The first-order chi connectivity index (χ1) is 11.2. The van der Waals surface area contributed by atoms with Crippen LogP contribution >= 0.6 is 11.3 Å². The van der Waals surface area contributed by atoms with Crippen LogP contribution in [0.15, 0.2) is 6.07 Å². The van der Waals surface area contributed by atoms with Crippen molar-refractivity contribution in [2.75, 3.05) is 19.6 Å². The van der Waals surface area contributed by atoms with E-state index in [2.05, 4.69) is 11.4 Å². The Morgan fingerprint density at radius 1 is 1.13 bits per heavy atom. The Bertz CT molecular complexity index is 542. The Morgan fingerprint density at radius 3 is 2.74 bits per heavy atom. The Balaban J connectivity index is 1.46. The number of thiophene rings is 1. The molecule has 0 spiro atoms. The second kappa shape index (κ2) is 7.95. The highest BCUT2D eigenvalue weighted by molar-refractivity contribution is 7.14. The van der Waals surface area contributed by atoms with Gasteiger partial charge < -0.3 is 10.2 Å². The molecular formula is C18H26N2O2S. The Hall–Kier alpha value is -1.36. The number of aryl methyl sites for hydroxylation is 2. The summed E-state index contributed by atoms with van der Waals surface area (Å²) >= 11 is 1.67. The SMILES string of the molecule is O=C(NCCCN1CCCC1=O)c1cc2c(s1)CCCCCC2. The number of fused-ring (bicyclic) bond motifs is 1. The predicted octanol–water partition coefficient (Wildman–Crippen LogP) is 3.15. The molecule has 1 N–H and O–H groups in total. The van der Waals surface area contributed by atoms with Gasteiger partial charge in [-0.2, -0.15) is 0 Å².